The molecule has 0 saturated carbocycles. The molecule has 0 unspecified atom stereocenters. The van der Waals surface area contributed by atoms with Gasteiger partial charge in [-0.05, 0) is 11.6 Å². The third-order valence-corrected chi connectivity index (χ3v) is 1.82. The average Bonchev–Trinajstić information content (AvgIpc) is 2.59. The van der Waals surface area contributed by atoms with Crippen molar-refractivity contribution in [3.63, 3.8) is 0 Å². The summed E-state index contributed by atoms with van der Waals surface area (Å²) in [6, 6.07) is 15.4. The Labute approximate surface area is 72.1 Å². The van der Waals surface area contributed by atoms with Crippen LogP contribution in [-0.4, -0.2) is 4.98 Å². The summed E-state index contributed by atoms with van der Waals surface area (Å²) >= 11 is 0. The molecule has 0 amide bonds. The van der Waals surface area contributed by atoms with E-state index >= 15 is 0 Å². The van der Waals surface area contributed by atoms with Gasteiger partial charge in [0.2, 0.25) is 0 Å². The maximum Gasteiger partial charge on any atom is 0.0271 e. The summed E-state index contributed by atoms with van der Waals surface area (Å²) in [4.78, 5) is 3.13. The quantitative estimate of drug-likeness (QED) is 0.687. The van der Waals surface area contributed by atoms with E-state index < -0.39 is 0 Å². The second-order valence-electron chi connectivity index (χ2n) is 2.76. The van der Waals surface area contributed by atoms with Crippen LogP contribution in [0.2, 0.25) is 0 Å². The first kappa shape index (κ1) is 7.17. The van der Waals surface area contributed by atoms with Crippen molar-refractivity contribution in [2.45, 2.75) is 6.42 Å². The van der Waals surface area contributed by atoms with E-state index in [1.165, 1.54) is 5.56 Å². The van der Waals surface area contributed by atoms with Gasteiger partial charge in [0, 0.05) is 24.4 Å². The van der Waals surface area contributed by atoms with E-state index in [0.29, 0.717) is 0 Å². The van der Waals surface area contributed by atoms with Crippen LogP contribution in [0.3, 0.4) is 0 Å². The van der Waals surface area contributed by atoms with Crippen molar-refractivity contribution in [1.29, 1.82) is 0 Å². The molecule has 0 saturated heterocycles. The molecule has 0 atom stereocenters. The van der Waals surface area contributed by atoms with E-state index in [4.69, 9.17) is 0 Å². The fraction of sp³-hybridized carbons (Fsp3) is 0.0909. The average molecular weight is 156 g/mol. The lowest BCUT2D eigenvalue weighted by Crippen LogP contribution is -1.86. The van der Waals surface area contributed by atoms with Gasteiger partial charge in [-0.15, -0.1) is 0 Å². The molecule has 1 N–H and O–H groups in total. The molecule has 0 bridgehead atoms. The Morgan fingerprint density at radius 3 is 2.67 bits per heavy atom. The smallest absolute Gasteiger partial charge is 0.0271 e. The number of rotatable bonds is 2. The number of H-pyrrole nitrogens is 1. The first-order valence-corrected chi connectivity index (χ1v) is 4.03. The summed E-state index contributed by atoms with van der Waals surface area (Å²) in [6.07, 6.45) is 2.84. The molecule has 0 aliphatic rings. The van der Waals surface area contributed by atoms with E-state index in [9.17, 15) is 0 Å². The van der Waals surface area contributed by atoms with E-state index in [-0.39, 0.29) is 0 Å². The fourth-order valence-electron chi connectivity index (χ4n) is 1.23. The monoisotopic (exact) mass is 156 g/mol. The zero-order chi connectivity index (χ0) is 8.23. The van der Waals surface area contributed by atoms with Gasteiger partial charge in [0.1, 0.15) is 0 Å². The molecule has 1 aromatic carbocycles. The Kier molecular flexibility index (Phi) is 1.95. The van der Waals surface area contributed by atoms with E-state index in [0.717, 1.165) is 12.1 Å². The number of hydrogen-bond acceptors (Lipinski definition) is 0. The van der Waals surface area contributed by atoms with Crippen LogP contribution in [0.15, 0.2) is 42.6 Å². The van der Waals surface area contributed by atoms with Gasteiger partial charge in [-0.3, -0.25) is 0 Å². The minimum absolute atomic E-state index is 0.938. The molecule has 0 aliphatic carbocycles. The minimum atomic E-state index is 0.938. The lowest BCUT2D eigenvalue weighted by Gasteiger charge is -1.96. The second kappa shape index (κ2) is 3.26. The van der Waals surface area contributed by atoms with Crippen molar-refractivity contribution >= 4 is 0 Å². The molecule has 1 nitrogen and oxygen atoms in total. The Bertz CT molecular complexity index is 321. The van der Waals surface area contributed by atoms with E-state index in [1.807, 2.05) is 18.3 Å². The van der Waals surface area contributed by atoms with Crippen LogP contribution in [0.5, 0.6) is 0 Å². The van der Waals surface area contributed by atoms with Crippen LogP contribution in [0, 0.1) is 6.07 Å². The highest BCUT2D eigenvalue weighted by atomic mass is 14.7. The standard InChI is InChI=1S/C11H10N/c1-2-5-10(6-3-1)9-11-7-4-8-12-11/h1-6,8,12H,9H2. The zero-order valence-electron chi connectivity index (χ0n) is 6.75. The Hall–Kier alpha value is -1.50. The summed E-state index contributed by atoms with van der Waals surface area (Å²) < 4.78 is 0. The Morgan fingerprint density at radius 1 is 1.17 bits per heavy atom. The molecule has 0 spiro atoms. The molecule has 1 aromatic heterocycles. The van der Waals surface area contributed by atoms with Crippen molar-refractivity contribution in [2.24, 2.45) is 0 Å². The van der Waals surface area contributed by atoms with Crippen LogP contribution in [-0.2, 0) is 6.42 Å². The van der Waals surface area contributed by atoms with Crippen LogP contribution in [0.1, 0.15) is 11.3 Å². The topological polar surface area (TPSA) is 15.8 Å². The lowest BCUT2D eigenvalue weighted by atomic mass is 10.1. The minimum Gasteiger partial charge on any atom is -0.364 e. The van der Waals surface area contributed by atoms with Gasteiger partial charge in [-0.2, -0.15) is 0 Å². The molecule has 59 valence electrons. The van der Waals surface area contributed by atoms with Gasteiger partial charge < -0.3 is 4.98 Å². The number of benzene rings is 1. The lowest BCUT2D eigenvalue weighted by molar-refractivity contribution is 1.10. The van der Waals surface area contributed by atoms with Crippen molar-refractivity contribution in [3.8, 4) is 0 Å². The maximum atomic E-state index is 3.13. The summed E-state index contributed by atoms with van der Waals surface area (Å²) in [7, 11) is 0. The van der Waals surface area contributed by atoms with Crippen LogP contribution in [0.4, 0.5) is 0 Å². The Balaban J connectivity index is 2.15. The van der Waals surface area contributed by atoms with Gasteiger partial charge in [-0.25, -0.2) is 0 Å². The summed E-state index contributed by atoms with van der Waals surface area (Å²) in [5, 5.41) is 0. The third kappa shape index (κ3) is 1.56. The Morgan fingerprint density at radius 2 is 2.00 bits per heavy atom. The maximum absolute atomic E-state index is 3.13. The van der Waals surface area contributed by atoms with Crippen molar-refractivity contribution in [3.05, 3.63) is 59.9 Å². The van der Waals surface area contributed by atoms with Crippen LogP contribution in [0.25, 0.3) is 0 Å². The van der Waals surface area contributed by atoms with Crippen LogP contribution >= 0.6 is 0 Å². The van der Waals surface area contributed by atoms with Crippen molar-refractivity contribution < 1.29 is 0 Å². The number of hydrogen-bond donors (Lipinski definition) is 1. The predicted molar refractivity (Wildman–Crippen MR) is 48.9 cm³/mol. The molecular formula is C11H10N. The number of aromatic nitrogens is 1. The molecule has 1 heterocycles. The highest BCUT2D eigenvalue weighted by Crippen LogP contribution is 2.05. The van der Waals surface area contributed by atoms with Crippen molar-refractivity contribution in [1.82, 2.24) is 4.98 Å². The third-order valence-electron chi connectivity index (χ3n) is 1.82. The molecule has 12 heavy (non-hydrogen) atoms. The molecular weight excluding hydrogens is 146 g/mol. The summed E-state index contributed by atoms with van der Waals surface area (Å²) in [5.41, 5.74) is 2.46. The highest BCUT2D eigenvalue weighted by molar-refractivity contribution is 5.20. The van der Waals surface area contributed by atoms with Gasteiger partial charge in [-0.1, -0.05) is 30.3 Å². The van der Waals surface area contributed by atoms with Crippen LogP contribution < -0.4 is 0 Å². The SMILES string of the molecule is [c]1cc[nH]c1Cc1ccccc1. The van der Waals surface area contributed by atoms with Gasteiger partial charge >= 0.3 is 0 Å². The summed E-state index contributed by atoms with van der Waals surface area (Å²) in [5.74, 6) is 0. The largest absolute Gasteiger partial charge is 0.364 e. The molecule has 2 aromatic rings. The molecule has 0 aliphatic heterocycles. The molecule has 0 fully saturated rings. The molecule has 1 radical (unpaired) electrons. The highest BCUT2D eigenvalue weighted by Gasteiger charge is 1.94. The zero-order valence-corrected chi connectivity index (χ0v) is 6.75. The predicted octanol–water partition coefficient (Wildman–Crippen LogP) is 2.41. The van der Waals surface area contributed by atoms with E-state index in [1.54, 1.807) is 0 Å². The number of aromatic amines is 1. The fourth-order valence-corrected chi connectivity index (χ4v) is 1.23. The molecule has 2 rings (SSSR count). The second-order valence-corrected chi connectivity index (χ2v) is 2.76. The first-order chi connectivity index (χ1) is 5.95. The number of nitrogens with one attached hydrogen (secondary N) is 1. The first-order valence-electron chi connectivity index (χ1n) is 4.03. The normalized spacial score (nSPS) is 10.0. The van der Waals surface area contributed by atoms with E-state index in [2.05, 4.69) is 35.3 Å². The van der Waals surface area contributed by atoms with Gasteiger partial charge in [0.15, 0.2) is 0 Å². The van der Waals surface area contributed by atoms with Crippen molar-refractivity contribution in [2.75, 3.05) is 0 Å². The molecule has 1 heteroatoms. The summed E-state index contributed by atoms with van der Waals surface area (Å²) in [6.45, 7) is 0. The van der Waals surface area contributed by atoms with Gasteiger partial charge in [0.25, 0.3) is 0 Å². The van der Waals surface area contributed by atoms with Gasteiger partial charge in [0.05, 0.1) is 0 Å².